The van der Waals surface area contributed by atoms with Gasteiger partial charge in [0.25, 0.3) is 0 Å². The van der Waals surface area contributed by atoms with Gasteiger partial charge in [-0.25, -0.2) is 14.2 Å². The summed E-state index contributed by atoms with van der Waals surface area (Å²) < 4.78 is 14.7. The fourth-order valence-electron chi connectivity index (χ4n) is 2.19. The third-order valence-electron chi connectivity index (χ3n) is 3.10. The van der Waals surface area contributed by atoms with E-state index in [-0.39, 0.29) is 11.1 Å². The van der Waals surface area contributed by atoms with Gasteiger partial charge < -0.3 is 5.11 Å². The van der Waals surface area contributed by atoms with Crippen LogP contribution in [0, 0.1) is 12.7 Å². The van der Waals surface area contributed by atoms with Crippen molar-refractivity contribution in [3.63, 3.8) is 0 Å². The topological polar surface area (TPSA) is 50.2 Å². The Morgan fingerprint density at radius 2 is 2.10 bits per heavy atom. The predicted octanol–water partition coefficient (Wildman–Crippen LogP) is 4.76. The van der Waals surface area contributed by atoms with Gasteiger partial charge in [-0.05, 0) is 36.8 Å². The zero-order valence-corrected chi connectivity index (χ0v) is 12.4. The van der Waals surface area contributed by atoms with E-state index in [1.54, 1.807) is 24.4 Å². The maximum absolute atomic E-state index is 14.1. The minimum atomic E-state index is -1.12. The number of rotatable bonds is 2. The number of fused-ring (bicyclic) bond motifs is 1. The molecule has 0 saturated heterocycles. The number of pyridine rings is 1. The molecular weight excluding hydrogens is 313 g/mol. The van der Waals surface area contributed by atoms with Crippen LogP contribution in [0.25, 0.3) is 22.2 Å². The van der Waals surface area contributed by atoms with Gasteiger partial charge in [-0.3, -0.25) is 0 Å². The molecule has 0 saturated carbocycles. The maximum atomic E-state index is 14.1. The molecule has 1 aromatic carbocycles. The molecule has 0 amide bonds. The third kappa shape index (κ3) is 2.50. The number of aromatic carboxylic acids is 1. The van der Waals surface area contributed by atoms with E-state index in [0.29, 0.717) is 26.5 Å². The average Bonchev–Trinajstić information content (AvgIpc) is 2.84. The van der Waals surface area contributed by atoms with Crippen LogP contribution in [0.5, 0.6) is 0 Å². The van der Waals surface area contributed by atoms with Crippen molar-refractivity contribution < 1.29 is 14.3 Å². The summed E-state index contributed by atoms with van der Waals surface area (Å²) >= 11 is 7.19. The average molecular weight is 322 g/mol. The SMILES string of the molecule is Cc1cc(F)c2nc(-c3csc(Cl)c3)cc(C(=O)O)c2c1. The summed E-state index contributed by atoms with van der Waals surface area (Å²) in [5.74, 6) is -1.65. The third-order valence-corrected chi connectivity index (χ3v) is 4.20. The molecule has 0 spiro atoms. The molecule has 3 rings (SSSR count). The summed E-state index contributed by atoms with van der Waals surface area (Å²) in [6.45, 7) is 1.71. The fourth-order valence-corrected chi connectivity index (χ4v) is 3.06. The van der Waals surface area contributed by atoms with Crippen molar-refractivity contribution in [3.8, 4) is 11.3 Å². The highest BCUT2D eigenvalue weighted by Gasteiger charge is 2.16. The number of halogens is 2. The van der Waals surface area contributed by atoms with Crippen molar-refractivity contribution in [2.24, 2.45) is 0 Å². The van der Waals surface area contributed by atoms with Gasteiger partial charge in [-0.1, -0.05) is 11.6 Å². The molecule has 0 aliphatic rings. The summed E-state index contributed by atoms with van der Waals surface area (Å²) in [5.41, 5.74) is 1.80. The Labute approximate surface area is 128 Å². The molecule has 0 unspecified atom stereocenters. The van der Waals surface area contributed by atoms with Gasteiger partial charge in [0.1, 0.15) is 11.3 Å². The van der Waals surface area contributed by atoms with E-state index < -0.39 is 11.8 Å². The molecule has 3 nitrogen and oxygen atoms in total. The van der Waals surface area contributed by atoms with E-state index in [0.717, 1.165) is 0 Å². The zero-order valence-electron chi connectivity index (χ0n) is 10.9. The minimum absolute atomic E-state index is 0.0277. The Morgan fingerprint density at radius 1 is 1.33 bits per heavy atom. The molecule has 0 aliphatic heterocycles. The number of carbonyl (C=O) groups is 1. The van der Waals surface area contributed by atoms with Crippen molar-refractivity contribution in [1.29, 1.82) is 0 Å². The second-order valence-corrected chi connectivity index (χ2v) is 6.19. The van der Waals surface area contributed by atoms with Crippen LogP contribution in [0.2, 0.25) is 4.34 Å². The number of aromatic nitrogens is 1. The van der Waals surface area contributed by atoms with Crippen molar-refractivity contribution in [3.05, 3.63) is 50.9 Å². The van der Waals surface area contributed by atoms with E-state index in [1.165, 1.54) is 23.5 Å². The highest BCUT2D eigenvalue weighted by atomic mass is 35.5. The van der Waals surface area contributed by atoms with Crippen molar-refractivity contribution in [2.45, 2.75) is 6.92 Å². The maximum Gasteiger partial charge on any atom is 0.336 e. The van der Waals surface area contributed by atoms with Gasteiger partial charge >= 0.3 is 5.97 Å². The molecule has 0 fully saturated rings. The summed E-state index contributed by atoms with van der Waals surface area (Å²) in [6, 6.07) is 6.09. The van der Waals surface area contributed by atoms with E-state index in [2.05, 4.69) is 4.98 Å². The molecule has 106 valence electrons. The number of carboxylic acids is 1. The largest absolute Gasteiger partial charge is 0.478 e. The van der Waals surface area contributed by atoms with Crippen LogP contribution in [0.3, 0.4) is 0 Å². The lowest BCUT2D eigenvalue weighted by molar-refractivity contribution is 0.0699. The molecule has 2 aromatic heterocycles. The number of thiophene rings is 1. The first-order chi connectivity index (χ1) is 9.95. The van der Waals surface area contributed by atoms with Crippen LogP contribution in [0.4, 0.5) is 4.39 Å². The molecule has 2 heterocycles. The minimum Gasteiger partial charge on any atom is -0.478 e. The number of carboxylic acid groups (broad SMARTS) is 1. The summed E-state index contributed by atoms with van der Waals surface area (Å²) in [6.07, 6.45) is 0. The van der Waals surface area contributed by atoms with E-state index in [1.807, 2.05) is 0 Å². The van der Waals surface area contributed by atoms with Crippen LogP contribution in [0.15, 0.2) is 29.6 Å². The Kier molecular flexibility index (Phi) is 3.39. The molecule has 0 aliphatic carbocycles. The molecule has 6 heteroatoms. The second-order valence-electron chi connectivity index (χ2n) is 4.64. The molecule has 21 heavy (non-hydrogen) atoms. The van der Waals surface area contributed by atoms with Gasteiger partial charge in [0.05, 0.1) is 15.6 Å². The number of hydrogen-bond acceptors (Lipinski definition) is 3. The number of hydrogen-bond donors (Lipinski definition) is 1. The lowest BCUT2D eigenvalue weighted by Gasteiger charge is -2.08. The first-order valence-electron chi connectivity index (χ1n) is 6.04. The zero-order chi connectivity index (χ0) is 15.1. The van der Waals surface area contributed by atoms with Crippen LogP contribution in [-0.2, 0) is 0 Å². The van der Waals surface area contributed by atoms with E-state index in [4.69, 9.17) is 11.6 Å². The quantitative estimate of drug-likeness (QED) is 0.740. The Morgan fingerprint density at radius 3 is 2.71 bits per heavy atom. The lowest BCUT2D eigenvalue weighted by Crippen LogP contribution is -2.01. The van der Waals surface area contributed by atoms with Crippen LogP contribution < -0.4 is 0 Å². The number of nitrogens with zero attached hydrogens (tertiary/aromatic N) is 1. The second kappa shape index (κ2) is 5.09. The van der Waals surface area contributed by atoms with Crippen LogP contribution in [0.1, 0.15) is 15.9 Å². The smallest absolute Gasteiger partial charge is 0.336 e. The van der Waals surface area contributed by atoms with Gasteiger partial charge in [0.2, 0.25) is 0 Å². The molecule has 0 radical (unpaired) electrons. The molecule has 1 N–H and O–H groups in total. The monoisotopic (exact) mass is 321 g/mol. The first-order valence-corrected chi connectivity index (χ1v) is 7.30. The lowest BCUT2D eigenvalue weighted by atomic mass is 10.0. The van der Waals surface area contributed by atoms with Gasteiger partial charge in [-0.15, -0.1) is 11.3 Å². The molecule has 3 aromatic rings. The van der Waals surface area contributed by atoms with Crippen molar-refractivity contribution >= 4 is 39.8 Å². The van der Waals surface area contributed by atoms with Crippen LogP contribution in [-0.4, -0.2) is 16.1 Å². The van der Waals surface area contributed by atoms with Gasteiger partial charge in [0.15, 0.2) is 0 Å². The predicted molar refractivity (Wildman–Crippen MR) is 81.7 cm³/mol. The summed E-state index contributed by atoms with van der Waals surface area (Å²) in [7, 11) is 0. The van der Waals surface area contributed by atoms with Crippen molar-refractivity contribution in [1.82, 2.24) is 4.98 Å². The molecule has 0 bridgehead atoms. The highest BCUT2D eigenvalue weighted by Crippen LogP contribution is 2.31. The number of aryl methyl sites for hydroxylation is 1. The van der Waals surface area contributed by atoms with Crippen molar-refractivity contribution in [2.75, 3.05) is 0 Å². The van der Waals surface area contributed by atoms with E-state index in [9.17, 15) is 14.3 Å². The molecular formula is C15H9ClFNO2S. The first kappa shape index (κ1) is 14.0. The summed E-state index contributed by atoms with van der Waals surface area (Å²) in [4.78, 5) is 15.7. The molecule has 0 atom stereocenters. The highest BCUT2D eigenvalue weighted by molar-refractivity contribution is 7.14. The van der Waals surface area contributed by atoms with Gasteiger partial charge in [-0.2, -0.15) is 0 Å². The summed E-state index contributed by atoms with van der Waals surface area (Å²) in [5, 5.41) is 11.4. The number of benzene rings is 1. The normalized spacial score (nSPS) is 11.0. The Balaban J connectivity index is 2.37. The van der Waals surface area contributed by atoms with Gasteiger partial charge in [0, 0.05) is 16.3 Å². The standard InChI is InChI=1S/C15H9ClFNO2S/c1-7-2-9-10(15(19)20)5-12(8-4-13(16)21-6-8)18-14(9)11(17)3-7/h2-6H,1H3,(H,19,20). The van der Waals surface area contributed by atoms with Crippen LogP contribution >= 0.6 is 22.9 Å². The fraction of sp³-hybridized carbons (Fsp3) is 0.0667. The Hall–Kier alpha value is -1.98. The van der Waals surface area contributed by atoms with E-state index >= 15 is 0 Å². The Bertz CT molecular complexity index is 875.